The molecule has 1 amide bonds. The molecule has 110 valence electrons. The number of nitrogens with zero attached hydrogens (tertiary/aromatic N) is 1. The number of hydrogen-bond donors (Lipinski definition) is 2. The SMILES string of the molecule is Cc1ccccc1-c1csc(NC(=O)C2COCCN2)n1. The van der Waals surface area contributed by atoms with Gasteiger partial charge in [0, 0.05) is 17.5 Å². The lowest BCUT2D eigenvalue weighted by molar-refractivity contribution is -0.120. The van der Waals surface area contributed by atoms with Crippen molar-refractivity contribution in [2.45, 2.75) is 13.0 Å². The third-order valence-corrected chi connectivity index (χ3v) is 4.15. The molecule has 2 aromatic rings. The van der Waals surface area contributed by atoms with Gasteiger partial charge in [0.25, 0.3) is 0 Å². The van der Waals surface area contributed by atoms with Gasteiger partial charge in [0.1, 0.15) is 6.04 Å². The Morgan fingerprint density at radius 2 is 2.33 bits per heavy atom. The van der Waals surface area contributed by atoms with E-state index in [1.54, 1.807) is 0 Å². The molecule has 1 aliphatic rings. The highest BCUT2D eigenvalue weighted by Crippen LogP contribution is 2.27. The zero-order valence-electron chi connectivity index (χ0n) is 11.8. The Balaban J connectivity index is 1.70. The minimum atomic E-state index is -0.301. The number of carbonyl (C=O) groups excluding carboxylic acids is 1. The van der Waals surface area contributed by atoms with Crippen molar-refractivity contribution in [3.63, 3.8) is 0 Å². The van der Waals surface area contributed by atoms with E-state index in [1.165, 1.54) is 16.9 Å². The molecular weight excluding hydrogens is 286 g/mol. The van der Waals surface area contributed by atoms with Gasteiger partial charge in [-0.3, -0.25) is 4.79 Å². The molecule has 2 N–H and O–H groups in total. The van der Waals surface area contributed by atoms with Crippen LogP contribution < -0.4 is 10.6 Å². The lowest BCUT2D eigenvalue weighted by Crippen LogP contribution is -2.48. The van der Waals surface area contributed by atoms with Crippen LogP contribution in [0.4, 0.5) is 5.13 Å². The molecule has 1 fully saturated rings. The summed E-state index contributed by atoms with van der Waals surface area (Å²) >= 11 is 1.43. The summed E-state index contributed by atoms with van der Waals surface area (Å²) in [5.41, 5.74) is 3.15. The Hall–Kier alpha value is -1.76. The van der Waals surface area contributed by atoms with Crippen molar-refractivity contribution in [3.05, 3.63) is 35.2 Å². The number of thiazole rings is 1. The third kappa shape index (κ3) is 3.29. The van der Waals surface area contributed by atoms with Crippen LogP contribution in [0.15, 0.2) is 29.6 Å². The topological polar surface area (TPSA) is 63.2 Å². The van der Waals surface area contributed by atoms with Crippen LogP contribution in [0.3, 0.4) is 0 Å². The molecule has 6 heteroatoms. The van der Waals surface area contributed by atoms with Crippen LogP contribution in [0.25, 0.3) is 11.3 Å². The molecule has 21 heavy (non-hydrogen) atoms. The molecule has 5 nitrogen and oxygen atoms in total. The van der Waals surface area contributed by atoms with Crippen LogP contribution in [0.1, 0.15) is 5.56 Å². The summed E-state index contributed by atoms with van der Waals surface area (Å²) in [6.45, 7) is 3.81. The third-order valence-electron chi connectivity index (χ3n) is 3.39. The highest BCUT2D eigenvalue weighted by atomic mass is 32.1. The maximum Gasteiger partial charge on any atom is 0.245 e. The van der Waals surface area contributed by atoms with Crippen LogP contribution in [-0.2, 0) is 9.53 Å². The van der Waals surface area contributed by atoms with Crippen LogP contribution in [-0.4, -0.2) is 36.7 Å². The first-order chi connectivity index (χ1) is 10.2. The zero-order valence-corrected chi connectivity index (χ0v) is 12.6. The van der Waals surface area contributed by atoms with E-state index in [0.717, 1.165) is 11.3 Å². The summed E-state index contributed by atoms with van der Waals surface area (Å²) in [7, 11) is 0. The fourth-order valence-electron chi connectivity index (χ4n) is 2.24. The van der Waals surface area contributed by atoms with Gasteiger partial charge in [0.05, 0.1) is 18.9 Å². The smallest absolute Gasteiger partial charge is 0.245 e. The van der Waals surface area contributed by atoms with Gasteiger partial charge in [0.2, 0.25) is 5.91 Å². The Morgan fingerprint density at radius 3 is 3.10 bits per heavy atom. The number of aromatic nitrogens is 1. The average Bonchev–Trinajstić information content (AvgIpc) is 2.97. The Labute approximate surface area is 127 Å². The molecule has 3 rings (SSSR count). The molecule has 1 aromatic heterocycles. The van der Waals surface area contributed by atoms with E-state index in [4.69, 9.17) is 4.74 Å². The molecule has 1 atom stereocenters. The summed E-state index contributed by atoms with van der Waals surface area (Å²) in [4.78, 5) is 16.6. The van der Waals surface area contributed by atoms with Gasteiger partial charge in [-0.1, -0.05) is 24.3 Å². The van der Waals surface area contributed by atoms with E-state index in [0.29, 0.717) is 24.9 Å². The summed E-state index contributed by atoms with van der Waals surface area (Å²) in [5, 5.41) is 8.55. The van der Waals surface area contributed by atoms with Crippen molar-refractivity contribution in [1.29, 1.82) is 0 Å². The number of ether oxygens (including phenoxy) is 1. The minimum absolute atomic E-state index is 0.0969. The molecule has 1 unspecified atom stereocenters. The van der Waals surface area contributed by atoms with Crippen molar-refractivity contribution < 1.29 is 9.53 Å². The van der Waals surface area contributed by atoms with Crippen LogP contribution in [0.5, 0.6) is 0 Å². The summed E-state index contributed by atoms with van der Waals surface area (Å²) < 4.78 is 5.29. The van der Waals surface area contributed by atoms with Crippen molar-refractivity contribution >= 4 is 22.4 Å². The number of rotatable bonds is 3. The van der Waals surface area contributed by atoms with Gasteiger partial charge in [-0.15, -0.1) is 11.3 Å². The Bertz CT molecular complexity index is 635. The minimum Gasteiger partial charge on any atom is -0.378 e. The lowest BCUT2D eigenvalue weighted by Gasteiger charge is -2.22. The molecule has 0 spiro atoms. The number of anilines is 1. The summed E-state index contributed by atoms with van der Waals surface area (Å²) in [5.74, 6) is -0.0969. The van der Waals surface area contributed by atoms with Crippen molar-refractivity contribution in [1.82, 2.24) is 10.3 Å². The molecule has 1 aromatic carbocycles. The molecule has 0 aliphatic carbocycles. The molecule has 0 saturated carbocycles. The first kappa shape index (κ1) is 14.2. The van der Waals surface area contributed by atoms with E-state index >= 15 is 0 Å². The molecule has 2 heterocycles. The second-order valence-electron chi connectivity index (χ2n) is 4.92. The van der Waals surface area contributed by atoms with E-state index in [1.807, 2.05) is 23.6 Å². The number of hydrogen-bond acceptors (Lipinski definition) is 5. The fraction of sp³-hybridized carbons (Fsp3) is 0.333. The first-order valence-corrected chi connectivity index (χ1v) is 7.75. The van der Waals surface area contributed by atoms with Crippen molar-refractivity contribution in [2.24, 2.45) is 0 Å². The Morgan fingerprint density at radius 1 is 1.48 bits per heavy atom. The van der Waals surface area contributed by atoms with E-state index < -0.39 is 0 Å². The lowest BCUT2D eigenvalue weighted by atomic mass is 10.1. The van der Waals surface area contributed by atoms with Crippen molar-refractivity contribution in [3.8, 4) is 11.3 Å². The standard InChI is InChI=1S/C15H17N3O2S/c1-10-4-2-3-5-11(10)13-9-21-15(17-13)18-14(19)12-8-20-7-6-16-12/h2-5,9,12,16H,6-8H2,1H3,(H,17,18,19). The van der Waals surface area contributed by atoms with E-state index in [9.17, 15) is 4.79 Å². The van der Waals surface area contributed by atoms with Gasteiger partial charge in [0.15, 0.2) is 5.13 Å². The number of benzene rings is 1. The monoisotopic (exact) mass is 303 g/mol. The van der Waals surface area contributed by atoms with Crippen LogP contribution >= 0.6 is 11.3 Å². The fourth-order valence-corrected chi connectivity index (χ4v) is 2.95. The molecule has 0 radical (unpaired) electrons. The molecule has 1 saturated heterocycles. The Kier molecular flexibility index (Phi) is 4.28. The van der Waals surface area contributed by atoms with Crippen molar-refractivity contribution in [2.75, 3.05) is 25.1 Å². The molecule has 0 bridgehead atoms. The normalized spacial score (nSPS) is 18.4. The van der Waals surface area contributed by atoms with Gasteiger partial charge < -0.3 is 15.4 Å². The van der Waals surface area contributed by atoms with E-state index in [2.05, 4.69) is 28.6 Å². The quantitative estimate of drug-likeness (QED) is 0.911. The van der Waals surface area contributed by atoms with E-state index in [-0.39, 0.29) is 11.9 Å². The molecule has 1 aliphatic heterocycles. The second-order valence-corrected chi connectivity index (χ2v) is 5.78. The predicted octanol–water partition coefficient (Wildman–Crippen LogP) is 2.05. The van der Waals surface area contributed by atoms with Crippen LogP contribution in [0.2, 0.25) is 0 Å². The number of aryl methyl sites for hydroxylation is 1. The maximum atomic E-state index is 12.1. The number of carbonyl (C=O) groups is 1. The number of morpholine rings is 1. The number of nitrogens with one attached hydrogen (secondary N) is 2. The van der Waals surface area contributed by atoms with Gasteiger partial charge in [-0.2, -0.15) is 0 Å². The van der Waals surface area contributed by atoms with Gasteiger partial charge >= 0.3 is 0 Å². The van der Waals surface area contributed by atoms with Crippen LogP contribution in [0, 0.1) is 6.92 Å². The number of amides is 1. The predicted molar refractivity (Wildman–Crippen MR) is 83.5 cm³/mol. The first-order valence-electron chi connectivity index (χ1n) is 6.87. The highest BCUT2D eigenvalue weighted by molar-refractivity contribution is 7.14. The average molecular weight is 303 g/mol. The second kappa shape index (κ2) is 6.34. The summed E-state index contributed by atoms with van der Waals surface area (Å²) in [6.07, 6.45) is 0. The largest absolute Gasteiger partial charge is 0.378 e. The summed E-state index contributed by atoms with van der Waals surface area (Å²) in [6, 6.07) is 7.78. The van der Waals surface area contributed by atoms with Gasteiger partial charge in [-0.25, -0.2) is 4.98 Å². The maximum absolute atomic E-state index is 12.1. The zero-order chi connectivity index (χ0) is 14.7. The molecular formula is C15H17N3O2S. The van der Waals surface area contributed by atoms with Gasteiger partial charge in [-0.05, 0) is 12.5 Å². The highest BCUT2D eigenvalue weighted by Gasteiger charge is 2.22.